The third kappa shape index (κ3) is 4.06. The first kappa shape index (κ1) is 19.7. The summed E-state index contributed by atoms with van der Waals surface area (Å²) in [4.78, 5) is 34.2. The molecule has 1 N–H and O–H groups in total. The summed E-state index contributed by atoms with van der Waals surface area (Å²) in [7, 11) is 0. The molecule has 150 valence electrons. The fraction of sp³-hybridized carbons (Fsp3) is 0.130. The summed E-state index contributed by atoms with van der Waals surface area (Å²) in [5.74, 6) is -0.283. The van der Waals surface area contributed by atoms with E-state index in [2.05, 4.69) is 15.3 Å². The number of carbonyl (C=O) groups is 1. The van der Waals surface area contributed by atoms with Crippen LogP contribution in [-0.4, -0.2) is 20.4 Å². The van der Waals surface area contributed by atoms with E-state index in [1.54, 1.807) is 0 Å². The minimum Gasteiger partial charge on any atom is -0.324 e. The number of nitrogens with zero attached hydrogens (tertiary/aromatic N) is 3. The van der Waals surface area contributed by atoms with Crippen molar-refractivity contribution in [3.05, 3.63) is 87.9 Å². The Bertz CT molecular complexity index is 1260. The first-order valence-electron chi connectivity index (χ1n) is 9.45. The van der Waals surface area contributed by atoms with Crippen LogP contribution in [0.3, 0.4) is 0 Å². The lowest BCUT2D eigenvalue weighted by Gasteiger charge is -2.11. The van der Waals surface area contributed by atoms with Crippen molar-refractivity contribution < 1.29 is 4.79 Å². The number of nitrogens with one attached hydrogen (secondary N) is 1. The number of amides is 1. The van der Waals surface area contributed by atoms with Crippen molar-refractivity contribution in [1.29, 1.82) is 0 Å². The maximum Gasteiger partial charge on any atom is 0.264 e. The Morgan fingerprint density at radius 1 is 1.10 bits per heavy atom. The zero-order chi connectivity index (χ0) is 21.1. The molecule has 0 unspecified atom stereocenters. The number of benzene rings is 2. The molecule has 0 aliphatic carbocycles. The van der Waals surface area contributed by atoms with E-state index in [9.17, 15) is 9.59 Å². The number of aromatic nitrogens is 3. The van der Waals surface area contributed by atoms with Gasteiger partial charge in [-0.1, -0.05) is 42.5 Å². The van der Waals surface area contributed by atoms with Crippen LogP contribution in [0.2, 0.25) is 0 Å². The second kappa shape index (κ2) is 8.42. The molecule has 0 aliphatic heterocycles. The molecular weight excluding hydrogens is 396 g/mol. The summed E-state index contributed by atoms with van der Waals surface area (Å²) >= 11 is 1.38. The van der Waals surface area contributed by atoms with Crippen molar-refractivity contribution in [2.45, 2.75) is 20.4 Å². The van der Waals surface area contributed by atoms with Crippen LogP contribution in [-0.2, 0) is 11.3 Å². The minimum absolute atomic E-state index is 0.121. The number of thiazole rings is 1. The first-order chi connectivity index (χ1) is 14.5. The number of aryl methyl sites for hydroxylation is 1. The van der Waals surface area contributed by atoms with Crippen LogP contribution < -0.4 is 10.9 Å². The molecule has 0 aliphatic rings. The maximum absolute atomic E-state index is 12.9. The normalized spacial score (nSPS) is 10.7. The molecule has 7 heteroatoms. The highest BCUT2D eigenvalue weighted by Crippen LogP contribution is 2.26. The smallest absolute Gasteiger partial charge is 0.264 e. The third-order valence-electron chi connectivity index (χ3n) is 4.90. The highest BCUT2D eigenvalue weighted by Gasteiger charge is 2.14. The average molecular weight is 417 g/mol. The van der Waals surface area contributed by atoms with Crippen molar-refractivity contribution in [3.63, 3.8) is 0 Å². The number of hydrogen-bond donors (Lipinski definition) is 1. The van der Waals surface area contributed by atoms with Crippen LogP contribution in [0.1, 0.15) is 11.1 Å². The van der Waals surface area contributed by atoms with Crippen molar-refractivity contribution in [1.82, 2.24) is 14.5 Å². The van der Waals surface area contributed by atoms with Crippen LogP contribution in [0.25, 0.3) is 21.8 Å². The van der Waals surface area contributed by atoms with Gasteiger partial charge in [-0.15, -0.1) is 11.3 Å². The topological polar surface area (TPSA) is 76.9 Å². The fourth-order valence-electron chi connectivity index (χ4n) is 3.08. The fourth-order valence-corrected chi connectivity index (χ4v) is 3.91. The van der Waals surface area contributed by atoms with Gasteiger partial charge >= 0.3 is 0 Å². The highest BCUT2D eigenvalue weighted by molar-refractivity contribution is 7.13. The largest absolute Gasteiger partial charge is 0.324 e. The average Bonchev–Trinajstić information content (AvgIpc) is 3.24. The summed E-state index contributed by atoms with van der Waals surface area (Å²) in [5, 5.41) is 5.36. The Hall–Kier alpha value is -3.58. The molecule has 0 saturated heterocycles. The molecule has 0 radical (unpaired) electrons. The van der Waals surface area contributed by atoms with Gasteiger partial charge in [0.25, 0.3) is 5.56 Å². The molecule has 0 spiro atoms. The lowest BCUT2D eigenvalue weighted by molar-refractivity contribution is -0.116. The van der Waals surface area contributed by atoms with E-state index in [-0.39, 0.29) is 18.0 Å². The van der Waals surface area contributed by atoms with Crippen LogP contribution in [0, 0.1) is 13.8 Å². The molecule has 4 aromatic rings. The molecule has 2 aromatic carbocycles. The van der Waals surface area contributed by atoms with E-state index in [4.69, 9.17) is 0 Å². The lowest BCUT2D eigenvalue weighted by atomic mass is 10.1. The number of anilines is 1. The van der Waals surface area contributed by atoms with Crippen molar-refractivity contribution in [3.8, 4) is 21.8 Å². The van der Waals surface area contributed by atoms with Crippen molar-refractivity contribution in [2.75, 3.05) is 5.32 Å². The molecule has 0 bridgehead atoms. The summed E-state index contributed by atoms with van der Waals surface area (Å²) in [6, 6.07) is 15.5. The number of carbonyl (C=O) groups excluding carboxylic acids is 1. The van der Waals surface area contributed by atoms with Gasteiger partial charge in [0.1, 0.15) is 11.6 Å². The van der Waals surface area contributed by atoms with Gasteiger partial charge in [-0.3, -0.25) is 14.2 Å². The standard InChI is InChI=1S/C23H20N4O2S/c1-15-7-6-10-19(16(15)2)25-21(28)12-27-14-24-11-18(23(27)29)22-26-20(13-30-22)17-8-4-3-5-9-17/h3-11,13-14H,12H2,1-2H3,(H,25,28). The Morgan fingerprint density at radius 3 is 2.70 bits per heavy atom. The highest BCUT2D eigenvalue weighted by atomic mass is 32.1. The molecule has 0 atom stereocenters. The second-order valence-electron chi connectivity index (χ2n) is 6.94. The number of rotatable bonds is 5. The molecule has 1 amide bonds. The molecule has 2 aromatic heterocycles. The van der Waals surface area contributed by atoms with Gasteiger partial charge in [0.2, 0.25) is 5.91 Å². The van der Waals surface area contributed by atoms with Gasteiger partial charge in [-0.25, -0.2) is 9.97 Å². The molecule has 4 rings (SSSR count). The second-order valence-corrected chi connectivity index (χ2v) is 7.80. The molecule has 0 saturated carbocycles. The van der Waals surface area contributed by atoms with Crippen LogP contribution in [0.5, 0.6) is 0 Å². The summed E-state index contributed by atoms with van der Waals surface area (Å²) in [5.41, 5.74) is 4.70. The van der Waals surface area contributed by atoms with Crippen LogP contribution in [0.15, 0.2) is 71.2 Å². The van der Waals surface area contributed by atoms with Crippen LogP contribution >= 0.6 is 11.3 Å². The Kier molecular flexibility index (Phi) is 5.54. The third-order valence-corrected chi connectivity index (χ3v) is 5.77. The Morgan fingerprint density at radius 2 is 1.90 bits per heavy atom. The molecule has 30 heavy (non-hydrogen) atoms. The Labute approximate surface area is 177 Å². The summed E-state index contributed by atoms with van der Waals surface area (Å²) in [6.07, 6.45) is 2.87. The van der Waals surface area contributed by atoms with Crippen LogP contribution in [0.4, 0.5) is 5.69 Å². The molecule has 2 heterocycles. The quantitative estimate of drug-likeness (QED) is 0.527. The molecular formula is C23H20N4O2S. The monoisotopic (exact) mass is 416 g/mol. The van der Waals surface area contributed by atoms with Gasteiger partial charge < -0.3 is 5.32 Å². The van der Waals surface area contributed by atoms with Gasteiger partial charge in [-0.2, -0.15) is 0 Å². The molecule has 6 nitrogen and oxygen atoms in total. The SMILES string of the molecule is Cc1cccc(NC(=O)Cn2cncc(-c3nc(-c4ccccc4)cs3)c2=O)c1C. The van der Waals surface area contributed by atoms with E-state index in [0.717, 1.165) is 28.1 Å². The first-order valence-corrected chi connectivity index (χ1v) is 10.3. The van der Waals surface area contributed by atoms with E-state index in [1.165, 1.54) is 28.4 Å². The van der Waals surface area contributed by atoms with Crippen molar-refractivity contribution >= 4 is 22.9 Å². The lowest BCUT2D eigenvalue weighted by Crippen LogP contribution is -2.28. The molecule has 0 fully saturated rings. The van der Waals surface area contributed by atoms with E-state index >= 15 is 0 Å². The predicted octanol–water partition coefficient (Wildman–Crippen LogP) is 4.29. The Balaban J connectivity index is 1.56. The van der Waals surface area contributed by atoms with E-state index < -0.39 is 0 Å². The van der Waals surface area contributed by atoms with E-state index in [1.807, 2.05) is 67.8 Å². The van der Waals surface area contributed by atoms with Gasteiger partial charge in [0.15, 0.2) is 0 Å². The minimum atomic E-state index is -0.296. The van der Waals surface area contributed by atoms with Gasteiger partial charge in [0.05, 0.1) is 17.6 Å². The predicted molar refractivity (Wildman–Crippen MR) is 120 cm³/mol. The van der Waals surface area contributed by atoms with Gasteiger partial charge in [-0.05, 0) is 31.0 Å². The van der Waals surface area contributed by atoms with Crippen molar-refractivity contribution in [2.24, 2.45) is 0 Å². The zero-order valence-corrected chi connectivity index (χ0v) is 17.4. The number of hydrogen-bond acceptors (Lipinski definition) is 5. The summed E-state index contributed by atoms with van der Waals surface area (Å²) < 4.78 is 1.30. The summed E-state index contributed by atoms with van der Waals surface area (Å²) in [6.45, 7) is 3.82. The zero-order valence-electron chi connectivity index (χ0n) is 16.6. The van der Waals surface area contributed by atoms with E-state index in [0.29, 0.717) is 10.6 Å². The maximum atomic E-state index is 12.9. The van der Waals surface area contributed by atoms with Gasteiger partial charge in [0, 0.05) is 22.8 Å².